The van der Waals surface area contributed by atoms with Crippen molar-refractivity contribution in [1.82, 2.24) is 5.32 Å². The summed E-state index contributed by atoms with van der Waals surface area (Å²) in [6.07, 6.45) is 2.46. The van der Waals surface area contributed by atoms with Gasteiger partial charge in [0.25, 0.3) is 0 Å². The molecule has 1 aromatic heterocycles. The van der Waals surface area contributed by atoms with Crippen molar-refractivity contribution < 1.29 is 4.42 Å². The van der Waals surface area contributed by atoms with Gasteiger partial charge in [0.05, 0.1) is 6.04 Å². The molecule has 0 radical (unpaired) electrons. The van der Waals surface area contributed by atoms with Gasteiger partial charge in [-0.3, -0.25) is 0 Å². The fourth-order valence-corrected chi connectivity index (χ4v) is 2.87. The Morgan fingerprint density at radius 3 is 2.47 bits per heavy atom. The average molecular weight is 255 g/mol. The Morgan fingerprint density at radius 1 is 1.11 bits per heavy atom. The minimum Gasteiger partial charge on any atom is -0.465 e. The normalized spacial score (nSPS) is 23.9. The van der Waals surface area contributed by atoms with Gasteiger partial charge in [-0.1, -0.05) is 30.3 Å². The average Bonchev–Trinajstić information content (AvgIpc) is 2.81. The van der Waals surface area contributed by atoms with E-state index in [0.29, 0.717) is 12.1 Å². The van der Waals surface area contributed by atoms with Crippen LogP contribution in [0.25, 0.3) is 0 Å². The van der Waals surface area contributed by atoms with Crippen molar-refractivity contribution in [2.24, 2.45) is 0 Å². The van der Waals surface area contributed by atoms with E-state index in [2.05, 4.69) is 48.6 Å². The summed E-state index contributed by atoms with van der Waals surface area (Å²) >= 11 is 0. The Balaban J connectivity index is 1.52. The van der Waals surface area contributed by atoms with Gasteiger partial charge in [-0.15, -0.1) is 0 Å². The molecule has 1 unspecified atom stereocenters. The highest BCUT2D eigenvalue weighted by molar-refractivity contribution is 5.23. The van der Waals surface area contributed by atoms with Crippen molar-refractivity contribution in [3.8, 4) is 0 Å². The molecule has 100 valence electrons. The zero-order valence-electron chi connectivity index (χ0n) is 11.6. The number of hydrogen-bond donors (Lipinski definition) is 1. The third-order valence-electron chi connectivity index (χ3n) is 4.08. The van der Waals surface area contributed by atoms with E-state index in [1.807, 2.05) is 13.0 Å². The number of nitrogens with one attached hydrogen (secondary N) is 1. The quantitative estimate of drug-likeness (QED) is 0.886. The smallest absolute Gasteiger partial charge is 0.120 e. The van der Waals surface area contributed by atoms with Gasteiger partial charge in [-0.05, 0) is 50.3 Å². The molecule has 0 aliphatic heterocycles. The SMILES string of the molecule is Cc1ccc(C(C)NC2CC(c3ccccc3)C2)o1. The predicted molar refractivity (Wildman–Crippen MR) is 77.2 cm³/mol. The first kappa shape index (κ1) is 12.5. The molecule has 0 spiro atoms. The van der Waals surface area contributed by atoms with Crippen molar-refractivity contribution in [3.63, 3.8) is 0 Å². The fraction of sp³-hybridized carbons (Fsp3) is 0.412. The molecule has 1 fully saturated rings. The van der Waals surface area contributed by atoms with Gasteiger partial charge in [-0.2, -0.15) is 0 Å². The van der Waals surface area contributed by atoms with E-state index in [-0.39, 0.29) is 0 Å². The molecule has 2 nitrogen and oxygen atoms in total. The van der Waals surface area contributed by atoms with Crippen LogP contribution in [0.15, 0.2) is 46.9 Å². The molecule has 0 saturated heterocycles. The molecular formula is C17H21NO. The molecule has 1 aliphatic rings. The predicted octanol–water partition coefficient (Wildman–Crippen LogP) is 4.18. The molecule has 3 rings (SSSR count). The molecule has 0 bridgehead atoms. The van der Waals surface area contributed by atoms with Crippen LogP contribution in [0.4, 0.5) is 0 Å². The topological polar surface area (TPSA) is 25.2 Å². The van der Waals surface area contributed by atoms with Gasteiger partial charge in [0, 0.05) is 6.04 Å². The molecule has 1 atom stereocenters. The summed E-state index contributed by atoms with van der Waals surface area (Å²) in [5.41, 5.74) is 1.47. The number of aryl methyl sites for hydroxylation is 1. The Kier molecular flexibility index (Phi) is 3.43. The number of furan rings is 1. The second-order valence-corrected chi connectivity index (χ2v) is 5.61. The first-order valence-electron chi connectivity index (χ1n) is 7.09. The lowest BCUT2D eigenvalue weighted by Gasteiger charge is -2.37. The van der Waals surface area contributed by atoms with Crippen LogP contribution in [0, 0.1) is 6.92 Å². The lowest BCUT2D eigenvalue weighted by molar-refractivity contribution is 0.257. The van der Waals surface area contributed by atoms with Crippen LogP contribution >= 0.6 is 0 Å². The Morgan fingerprint density at radius 2 is 1.84 bits per heavy atom. The maximum Gasteiger partial charge on any atom is 0.120 e. The van der Waals surface area contributed by atoms with E-state index in [9.17, 15) is 0 Å². The van der Waals surface area contributed by atoms with Crippen LogP contribution in [0.2, 0.25) is 0 Å². The van der Waals surface area contributed by atoms with E-state index < -0.39 is 0 Å². The van der Waals surface area contributed by atoms with E-state index in [4.69, 9.17) is 4.42 Å². The largest absolute Gasteiger partial charge is 0.465 e. The number of benzene rings is 1. The molecule has 1 aromatic carbocycles. The molecule has 19 heavy (non-hydrogen) atoms. The van der Waals surface area contributed by atoms with E-state index in [0.717, 1.165) is 17.4 Å². The van der Waals surface area contributed by atoms with E-state index in [1.54, 1.807) is 0 Å². The zero-order valence-corrected chi connectivity index (χ0v) is 11.6. The molecule has 1 heterocycles. The lowest BCUT2D eigenvalue weighted by atomic mass is 9.75. The molecule has 2 aromatic rings. The number of rotatable bonds is 4. The molecular weight excluding hydrogens is 234 g/mol. The third kappa shape index (κ3) is 2.74. The van der Waals surface area contributed by atoms with E-state index in [1.165, 1.54) is 18.4 Å². The molecule has 1 saturated carbocycles. The summed E-state index contributed by atoms with van der Waals surface area (Å²) in [4.78, 5) is 0. The van der Waals surface area contributed by atoms with E-state index >= 15 is 0 Å². The van der Waals surface area contributed by atoms with Crippen LogP contribution in [-0.4, -0.2) is 6.04 Å². The second kappa shape index (κ2) is 5.22. The Labute approximate surface area is 114 Å². The van der Waals surface area contributed by atoms with Gasteiger partial charge in [0.1, 0.15) is 11.5 Å². The molecule has 1 aliphatic carbocycles. The zero-order chi connectivity index (χ0) is 13.2. The molecule has 2 heteroatoms. The third-order valence-corrected chi connectivity index (χ3v) is 4.08. The lowest BCUT2D eigenvalue weighted by Crippen LogP contribution is -2.41. The van der Waals surface area contributed by atoms with Crippen LogP contribution in [0.5, 0.6) is 0 Å². The summed E-state index contributed by atoms with van der Waals surface area (Å²) in [7, 11) is 0. The summed E-state index contributed by atoms with van der Waals surface area (Å²) in [6, 6.07) is 15.8. The van der Waals surface area contributed by atoms with Gasteiger partial charge < -0.3 is 9.73 Å². The maximum absolute atomic E-state index is 5.66. The first-order chi connectivity index (χ1) is 9.22. The minimum atomic E-state index is 0.301. The fourth-order valence-electron chi connectivity index (χ4n) is 2.87. The van der Waals surface area contributed by atoms with Crippen LogP contribution in [-0.2, 0) is 0 Å². The Bertz CT molecular complexity index is 525. The highest BCUT2D eigenvalue weighted by atomic mass is 16.3. The van der Waals surface area contributed by atoms with Crippen LogP contribution in [0.3, 0.4) is 0 Å². The van der Waals surface area contributed by atoms with Gasteiger partial charge >= 0.3 is 0 Å². The van der Waals surface area contributed by atoms with Crippen molar-refractivity contribution in [2.75, 3.05) is 0 Å². The van der Waals surface area contributed by atoms with Crippen molar-refractivity contribution in [3.05, 3.63) is 59.5 Å². The van der Waals surface area contributed by atoms with Crippen molar-refractivity contribution in [1.29, 1.82) is 0 Å². The van der Waals surface area contributed by atoms with Gasteiger partial charge in [-0.25, -0.2) is 0 Å². The first-order valence-corrected chi connectivity index (χ1v) is 7.09. The highest BCUT2D eigenvalue weighted by Gasteiger charge is 2.31. The minimum absolute atomic E-state index is 0.301. The molecule has 0 amide bonds. The summed E-state index contributed by atoms with van der Waals surface area (Å²) in [6.45, 7) is 4.17. The molecule has 1 N–H and O–H groups in total. The van der Waals surface area contributed by atoms with Crippen molar-refractivity contribution >= 4 is 0 Å². The number of hydrogen-bond acceptors (Lipinski definition) is 2. The van der Waals surface area contributed by atoms with Gasteiger partial charge in [0.2, 0.25) is 0 Å². The highest BCUT2D eigenvalue weighted by Crippen LogP contribution is 2.37. The second-order valence-electron chi connectivity index (χ2n) is 5.61. The summed E-state index contributed by atoms with van der Waals surface area (Å²) in [5.74, 6) is 2.75. The Hall–Kier alpha value is -1.54. The summed E-state index contributed by atoms with van der Waals surface area (Å²) < 4.78 is 5.66. The summed E-state index contributed by atoms with van der Waals surface area (Å²) in [5, 5.41) is 3.65. The maximum atomic E-state index is 5.66. The standard InChI is InChI=1S/C17H21NO/c1-12-8-9-17(19-12)13(2)18-16-10-15(11-16)14-6-4-3-5-7-14/h3-9,13,15-16,18H,10-11H2,1-2H3. The van der Waals surface area contributed by atoms with Gasteiger partial charge in [0.15, 0.2) is 0 Å². The van der Waals surface area contributed by atoms with Crippen LogP contribution < -0.4 is 5.32 Å². The monoisotopic (exact) mass is 255 g/mol. The van der Waals surface area contributed by atoms with Crippen molar-refractivity contribution in [2.45, 2.75) is 44.7 Å². The van der Waals surface area contributed by atoms with Crippen LogP contribution in [0.1, 0.15) is 48.8 Å².